The van der Waals surface area contributed by atoms with Crippen molar-refractivity contribution < 1.29 is 0 Å². The summed E-state index contributed by atoms with van der Waals surface area (Å²) in [5, 5.41) is 15.3. The monoisotopic (exact) mass is 259 g/mol. The number of aromatic nitrogens is 4. The fourth-order valence-electron chi connectivity index (χ4n) is 2.37. The van der Waals surface area contributed by atoms with Crippen LogP contribution in [0.15, 0.2) is 12.3 Å². The maximum Gasteiger partial charge on any atom is 0.0656 e. The highest BCUT2D eigenvalue weighted by Crippen LogP contribution is 2.38. The Morgan fingerprint density at radius 2 is 2.32 bits per heavy atom. The van der Waals surface area contributed by atoms with Gasteiger partial charge in [-0.2, -0.15) is 10.2 Å². The molecule has 0 radical (unpaired) electrons. The van der Waals surface area contributed by atoms with E-state index in [2.05, 4.69) is 40.5 Å². The van der Waals surface area contributed by atoms with Crippen LogP contribution in [0.25, 0.3) is 0 Å². The molecule has 1 aliphatic rings. The molecule has 2 N–H and O–H groups in total. The zero-order valence-electron chi connectivity index (χ0n) is 11.8. The predicted molar refractivity (Wildman–Crippen MR) is 73.8 cm³/mol. The Labute approximate surface area is 113 Å². The lowest BCUT2D eigenvalue weighted by atomic mass is 10.1. The van der Waals surface area contributed by atoms with Crippen LogP contribution in [0, 0.1) is 6.92 Å². The summed E-state index contributed by atoms with van der Waals surface area (Å²) in [5.41, 5.74) is 4.85. The van der Waals surface area contributed by atoms with Gasteiger partial charge in [-0.15, -0.1) is 0 Å². The van der Waals surface area contributed by atoms with Crippen LogP contribution in [0.4, 0.5) is 0 Å². The summed E-state index contributed by atoms with van der Waals surface area (Å²) < 4.78 is 1.91. The zero-order valence-corrected chi connectivity index (χ0v) is 11.8. The van der Waals surface area contributed by atoms with Gasteiger partial charge in [-0.3, -0.25) is 9.78 Å². The molecule has 0 saturated heterocycles. The number of H-pyrrole nitrogens is 1. The lowest BCUT2D eigenvalue weighted by Gasteiger charge is -2.12. The summed E-state index contributed by atoms with van der Waals surface area (Å²) in [6, 6.07) is 2.48. The second-order valence-electron chi connectivity index (χ2n) is 5.50. The molecular weight excluding hydrogens is 238 g/mol. The summed E-state index contributed by atoms with van der Waals surface area (Å²) in [4.78, 5) is 0. The van der Waals surface area contributed by atoms with Crippen molar-refractivity contribution in [3.63, 3.8) is 0 Å². The first-order chi connectivity index (χ1) is 9.15. The van der Waals surface area contributed by atoms with E-state index in [9.17, 15) is 0 Å². The number of hydrogen-bond acceptors (Lipinski definition) is 3. The predicted octanol–water partition coefficient (Wildman–Crippen LogP) is 2.18. The lowest BCUT2D eigenvalue weighted by molar-refractivity contribution is 0.563. The SMILES string of the molecule is Cc1c(C(C)NCc2cc(C3CC3)n[nH]2)cnn1C. The molecule has 1 aliphatic carbocycles. The number of nitrogens with one attached hydrogen (secondary N) is 2. The third-order valence-electron chi connectivity index (χ3n) is 3.98. The Hall–Kier alpha value is -1.62. The van der Waals surface area contributed by atoms with E-state index in [1.807, 2.05) is 17.9 Å². The molecule has 0 bridgehead atoms. The topological polar surface area (TPSA) is 58.5 Å². The van der Waals surface area contributed by atoms with Crippen LogP contribution in [0.1, 0.15) is 54.4 Å². The maximum atomic E-state index is 4.37. The molecule has 2 aromatic rings. The molecule has 1 saturated carbocycles. The van der Waals surface area contributed by atoms with Crippen LogP contribution < -0.4 is 5.32 Å². The van der Waals surface area contributed by atoms with Gasteiger partial charge in [0.05, 0.1) is 11.9 Å². The van der Waals surface area contributed by atoms with Crippen molar-refractivity contribution in [3.8, 4) is 0 Å². The van der Waals surface area contributed by atoms with Gasteiger partial charge in [-0.05, 0) is 32.8 Å². The number of rotatable bonds is 5. The molecule has 0 aliphatic heterocycles. The summed E-state index contributed by atoms with van der Waals surface area (Å²) in [5.74, 6) is 0.711. The van der Waals surface area contributed by atoms with Gasteiger partial charge in [0.15, 0.2) is 0 Å². The van der Waals surface area contributed by atoms with Gasteiger partial charge in [-0.25, -0.2) is 0 Å². The highest BCUT2D eigenvalue weighted by atomic mass is 15.3. The number of aromatic amines is 1. The van der Waals surface area contributed by atoms with Crippen LogP contribution in [-0.2, 0) is 13.6 Å². The first kappa shape index (κ1) is 12.4. The minimum absolute atomic E-state index is 0.293. The molecule has 3 rings (SSSR count). The van der Waals surface area contributed by atoms with Gasteiger partial charge >= 0.3 is 0 Å². The van der Waals surface area contributed by atoms with Gasteiger partial charge in [0.2, 0.25) is 0 Å². The molecule has 1 unspecified atom stereocenters. The van der Waals surface area contributed by atoms with Crippen LogP contribution in [-0.4, -0.2) is 20.0 Å². The molecular formula is C14H21N5. The normalized spacial score (nSPS) is 16.8. The van der Waals surface area contributed by atoms with E-state index in [4.69, 9.17) is 0 Å². The summed E-state index contributed by atoms with van der Waals surface area (Å²) in [6.45, 7) is 5.08. The maximum absolute atomic E-state index is 4.37. The van der Waals surface area contributed by atoms with E-state index < -0.39 is 0 Å². The van der Waals surface area contributed by atoms with Crippen LogP contribution >= 0.6 is 0 Å². The van der Waals surface area contributed by atoms with E-state index >= 15 is 0 Å². The fraction of sp³-hybridized carbons (Fsp3) is 0.571. The van der Waals surface area contributed by atoms with Crippen molar-refractivity contribution in [1.82, 2.24) is 25.3 Å². The van der Waals surface area contributed by atoms with E-state index in [-0.39, 0.29) is 0 Å². The van der Waals surface area contributed by atoms with Crippen LogP contribution in [0.3, 0.4) is 0 Å². The highest BCUT2D eigenvalue weighted by Gasteiger charge is 2.26. The van der Waals surface area contributed by atoms with Gasteiger partial charge < -0.3 is 5.32 Å². The van der Waals surface area contributed by atoms with Gasteiger partial charge in [0.1, 0.15) is 0 Å². The van der Waals surface area contributed by atoms with Crippen molar-refractivity contribution >= 4 is 0 Å². The Kier molecular flexibility index (Phi) is 3.14. The molecule has 5 nitrogen and oxygen atoms in total. The average molecular weight is 259 g/mol. The second-order valence-corrected chi connectivity index (χ2v) is 5.50. The van der Waals surface area contributed by atoms with E-state index in [1.165, 1.54) is 29.8 Å². The van der Waals surface area contributed by atoms with E-state index in [0.717, 1.165) is 12.2 Å². The fourth-order valence-corrected chi connectivity index (χ4v) is 2.37. The average Bonchev–Trinajstić information content (AvgIpc) is 3.06. The Bertz CT molecular complexity index is 564. The summed E-state index contributed by atoms with van der Waals surface area (Å²) in [7, 11) is 1.97. The molecule has 0 spiro atoms. The first-order valence-electron chi connectivity index (χ1n) is 6.91. The van der Waals surface area contributed by atoms with E-state index in [1.54, 1.807) is 0 Å². The standard InChI is InChI=1S/C14H21N5/c1-9(13-8-16-19(3)10(13)2)15-7-12-6-14(18-17-12)11-4-5-11/h6,8-9,11,15H,4-5,7H2,1-3H3,(H,17,18). The molecule has 2 aromatic heterocycles. The molecule has 0 amide bonds. The second kappa shape index (κ2) is 4.81. The zero-order chi connectivity index (χ0) is 13.4. The quantitative estimate of drug-likeness (QED) is 0.865. The number of hydrogen-bond donors (Lipinski definition) is 2. The minimum Gasteiger partial charge on any atom is -0.304 e. The van der Waals surface area contributed by atoms with Gasteiger partial charge in [0, 0.05) is 42.5 Å². The van der Waals surface area contributed by atoms with Crippen LogP contribution in [0.5, 0.6) is 0 Å². The lowest BCUT2D eigenvalue weighted by Crippen LogP contribution is -2.18. The Morgan fingerprint density at radius 1 is 1.53 bits per heavy atom. The van der Waals surface area contributed by atoms with Crippen molar-refractivity contribution in [2.45, 2.75) is 45.2 Å². The third kappa shape index (κ3) is 2.56. The van der Waals surface area contributed by atoms with Gasteiger partial charge in [0.25, 0.3) is 0 Å². The Morgan fingerprint density at radius 3 is 2.95 bits per heavy atom. The van der Waals surface area contributed by atoms with Crippen molar-refractivity contribution in [1.29, 1.82) is 0 Å². The summed E-state index contributed by atoms with van der Waals surface area (Å²) >= 11 is 0. The van der Waals surface area contributed by atoms with Crippen molar-refractivity contribution in [3.05, 3.63) is 34.9 Å². The van der Waals surface area contributed by atoms with Crippen molar-refractivity contribution in [2.24, 2.45) is 7.05 Å². The largest absolute Gasteiger partial charge is 0.304 e. The van der Waals surface area contributed by atoms with Gasteiger partial charge in [-0.1, -0.05) is 0 Å². The van der Waals surface area contributed by atoms with Crippen molar-refractivity contribution in [2.75, 3.05) is 0 Å². The third-order valence-corrected chi connectivity index (χ3v) is 3.98. The molecule has 1 atom stereocenters. The molecule has 2 heterocycles. The first-order valence-corrected chi connectivity index (χ1v) is 6.91. The van der Waals surface area contributed by atoms with Crippen LogP contribution in [0.2, 0.25) is 0 Å². The number of nitrogens with zero attached hydrogens (tertiary/aromatic N) is 3. The molecule has 19 heavy (non-hydrogen) atoms. The molecule has 0 aromatic carbocycles. The minimum atomic E-state index is 0.293. The van der Waals surface area contributed by atoms with E-state index in [0.29, 0.717) is 12.0 Å². The highest BCUT2D eigenvalue weighted by molar-refractivity contribution is 5.21. The molecule has 102 valence electrons. The smallest absolute Gasteiger partial charge is 0.0656 e. The molecule has 5 heteroatoms. The number of aryl methyl sites for hydroxylation is 1. The Balaban J connectivity index is 1.60. The molecule has 1 fully saturated rings. The summed E-state index contributed by atoms with van der Waals surface area (Å²) in [6.07, 6.45) is 4.53.